The molecule has 0 aromatic heterocycles. The van der Waals surface area contributed by atoms with Gasteiger partial charge in [0, 0.05) is 18.6 Å². The molecule has 0 fully saturated rings. The SMILES string of the molecule is CCC(=O)SCCC(F)C(F)CC(F)(F)CF. The lowest BCUT2D eigenvalue weighted by molar-refractivity contribution is -0.110. The predicted octanol–water partition coefficient (Wildman–Crippen LogP) is 3.72. The second kappa shape index (κ2) is 7.89. The quantitative estimate of drug-likeness (QED) is 0.629. The van der Waals surface area contributed by atoms with E-state index in [9.17, 15) is 26.7 Å². The largest absolute Gasteiger partial charge is 0.287 e. The summed E-state index contributed by atoms with van der Waals surface area (Å²) in [7, 11) is 0. The normalized spacial score (nSPS) is 15.6. The van der Waals surface area contributed by atoms with E-state index >= 15 is 0 Å². The molecule has 0 amide bonds. The topological polar surface area (TPSA) is 17.1 Å². The summed E-state index contributed by atoms with van der Waals surface area (Å²) in [4.78, 5) is 10.8. The van der Waals surface area contributed by atoms with Crippen LogP contribution in [-0.4, -0.2) is 35.8 Å². The Morgan fingerprint density at radius 1 is 1.29 bits per heavy atom. The first-order chi connectivity index (χ1) is 7.82. The van der Waals surface area contributed by atoms with Crippen molar-refractivity contribution in [3.8, 4) is 0 Å². The summed E-state index contributed by atoms with van der Waals surface area (Å²) in [6.07, 6.45) is -6.01. The van der Waals surface area contributed by atoms with Crippen LogP contribution < -0.4 is 0 Å². The van der Waals surface area contributed by atoms with Crippen molar-refractivity contribution in [2.45, 2.75) is 44.5 Å². The third-order valence-corrected chi connectivity index (χ3v) is 3.08. The lowest BCUT2D eigenvalue weighted by Crippen LogP contribution is -2.29. The van der Waals surface area contributed by atoms with E-state index in [4.69, 9.17) is 0 Å². The summed E-state index contributed by atoms with van der Waals surface area (Å²) in [5, 5.41) is -0.165. The second-order valence-corrected chi connectivity index (χ2v) is 4.74. The fourth-order valence-electron chi connectivity index (χ4n) is 1.04. The molecule has 7 heteroatoms. The molecule has 0 saturated heterocycles. The Bertz CT molecular complexity index is 237. The van der Waals surface area contributed by atoms with E-state index in [0.717, 1.165) is 11.8 Å². The molecule has 0 aromatic carbocycles. The third kappa shape index (κ3) is 7.57. The van der Waals surface area contributed by atoms with Gasteiger partial charge in [-0.25, -0.2) is 22.0 Å². The van der Waals surface area contributed by atoms with Gasteiger partial charge >= 0.3 is 0 Å². The Morgan fingerprint density at radius 2 is 1.88 bits per heavy atom. The zero-order chi connectivity index (χ0) is 13.5. The maximum Gasteiger partial charge on any atom is 0.278 e. The van der Waals surface area contributed by atoms with Crippen LogP contribution in [0.1, 0.15) is 26.2 Å². The van der Waals surface area contributed by atoms with Gasteiger partial charge in [0.2, 0.25) is 0 Å². The molecule has 0 spiro atoms. The predicted molar refractivity (Wildman–Crippen MR) is 57.7 cm³/mol. The number of hydrogen-bond donors (Lipinski definition) is 0. The highest BCUT2D eigenvalue weighted by Crippen LogP contribution is 2.26. The lowest BCUT2D eigenvalue weighted by atomic mass is 10.1. The first-order valence-electron chi connectivity index (χ1n) is 5.20. The van der Waals surface area contributed by atoms with Crippen LogP contribution in [-0.2, 0) is 4.79 Å². The number of hydrogen-bond acceptors (Lipinski definition) is 2. The Balaban J connectivity index is 3.89. The fourth-order valence-corrected chi connectivity index (χ4v) is 1.81. The van der Waals surface area contributed by atoms with E-state index in [2.05, 4.69) is 0 Å². The minimum Gasteiger partial charge on any atom is -0.287 e. The first-order valence-corrected chi connectivity index (χ1v) is 6.18. The van der Waals surface area contributed by atoms with Gasteiger partial charge in [-0.15, -0.1) is 0 Å². The van der Waals surface area contributed by atoms with E-state index in [1.165, 1.54) is 0 Å². The fraction of sp³-hybridized carbons (Fsp3) is 0.900. The molecule has 0 N–H and O–H groups in total. The average molecular weight is 278 g/mol. The number of rotatable bonds is 8. The molecule has 2 atom stereocenters. The van der Waals surface area contributed by atoms with Crippen molar-refractivity contribution in [2.75, 3.05) is 12.4 Å². The van der Waals surface area contributed by atoms with Crippen LogP contribution in [0.15, 0.2) is 0 Å². The van der Waals surface area contributed by atoms with Crippen molar-refractivity contribution in [3.63, 3.8) is 0 Å². The maximum atomic E-state index is 13.1. The highest BCUT2D eigenvalue weighted by molar-refractivity contribution is 8.13. The van der Waals surface area contributed by atoms with Gasteiger partial charge in [0.05, 0.1) is 0 Å². The van der Waals surface area contributed by atoms with Crippen molar-refractivity contribution in [1.29, 1.82) is 0 Å². The Morgan fingerprint density at radius 3 is 2.35 bits per heavy atom. The van der Waals surface area contributed by atoms with E-state index in [1.54, 1.807) is 6.92 Å². The van der Waals surface area contributed by atoms with E-state index < -0.39 is 31.4 Å². The van der Waals surface area contributed by atoms with Crippen LogP contribution in [0.2, 0.25) is 0 Å². The monoisotopic (exact) mass is 278 g/mol. The molecular weight excluding hydrogens is 263 g/mol. The lowest BCUT2D eigenvalue weighted by Gasteiger charge is -2.18. The molecule has 0 saturated carbocycles. The smallest absolute Gasteiger partial charge is 0.278 e. The van der Waals surface area contributed by atoms with Gasteiger partial charge in [-0.1, -0.05) is 18.7 Å². The minimum absolute atomic E-state index is 0.0372. The van der Waals surface area contributed by atoms with Gasteiger partial charge in [0.25, 0.3) is 5.92 Å². The Labute approximate surface area is 101 Å². The summed E-state index contributed by atoms with van der Waals surface area (Å²) >= 11 is 0.839. The standard InChI is InChI=1S/C10H15F5OS/c1-2-9(16)17-4-3-7(12)8(13)5-10(14,15)6-11/h7-8H,2-6H2,1H3. The van der Waals surface area contributed by atoms with Gasteiger partial charge in [0.1, 0.15) is 12.3 Å². The van der Waals surface area contributed by atoms with Crippen molar-refractivity contribution in [1.82, 2.24) is 0 Å². The molecule has 0 heterocycles. The number of alkyl halides is 5. The average Bonchev–Trinajstić information content (AvgIpc) is 2.28. The third-order valence-electron chi connectivity index (χ3n) is 2.03. The number of thioether (sulfide) groups is 1. The zero-order valence-corrected chi connectivity index (χ0v) is 10.2. The molecule has 0 aliphatic carbocycles. The molecular formula is C10H15F5OS. The molecule has 17 heavy (non-hydrogen) atoms. The molecule has 102 valence electrons. The maximum absolute atomic E-state index is 13.1. The molecule has 2 unspecified atom stereocenters. The number of halogens is 5. The van der Waals surface area contributed by atoms with Crippen molar-refractivity contribution in [2.24, 2.45) is 0 Å². The van der Waals surface area contributed by atoms with Crippen LogP contribution in [0.3, 0.4) is 0 Å². The summed E-state index contributed by atoms with van der Waals surface area (Å²) < 4.78 is 62.6. The van der Waals surface area contributed by atoms with Crippen LogP contribution >= 0.6 is 11.8 Å². The Kier molecular flexibility index (Phi) is 7.74. The van der Waals surface area contributed by atoms with Gasteiger partial charge in [-0.3, -0.25) is 4.79 Å². The molecule has 1 nitrogen and oxygen atoms in total. The molecule has 0 aliphatic heterocycles. The van der Waals surface area contributed by atoms with Crippen molar-refractivity contribution in [3.05, 3.63) is 0 Å². The van der Waals surface area contributed by atoms with E-state index in [1.807, 2.05) is 0 Å². The minimum atomic E-state index is -3.82. The van der Waals surface area contributed by atoms with Crippen LogP contribution in [0.4, 0.5) is 22.0 Å². The van der Waals surface area contributed by atoms with Crippen LogP contribution in [0.25, 0.3) is 0 Å². The first kappa shape index (κ1) is 16.7. The summed E-state index contributed by atoms with van der Waals surface area (Å²) in [6.45, 7) is -0.370. The van der Waals surface area contributed by atoms with E-state index in [-0.39, 0.29) is 23.7 Å². The van der Waals surface area contributed by atoms with Crippen LogP contribution in [0, 0.1) is 0 Å². The number of carbonyl (C=O) groups excluding carboxylic acids is 1. The number of carbonyl (C=O) groups is 1. The highest BCUT2D eigenvalue weighted by atomic mass is 32.2. The summed E-state index contributed by atoms with van der Waals surface area (Å²) in [6, 6.07) is 0. The van der Waals surface area contributed by atoms with Gasteiger partial charge in [0.15, 0.2) is 11.8 Å². The van der Waals surface area contributed by atoms with Crippen molar-refractivity contribution >= 4 is 16.9 Å². The van der Waals surface area contributed by atoms with Gasteiger partial charge in [-0.2, -0.15) is 0 Å². The Hall–Kier alpha value is -0.330. The zero-order valence-electron chi connectivity index (χ0n) is 9.40. The van der Waals surface area contributed by atoms with Gasteiger partial charge in [-0.05, 0) is 6.42 Å². The molecule has 0 bridgehead atoms. The van der Waals surface area contributed by atoms with Gasteiger partial charge < -0.3 is 0 Å². The highest BCUT2D eigenvalue weighted by Gasteiger charge is 2.36. The second-order valence-electron chi connectivity index (χ2n) is 3.59. The molecule has 0 aliphatic rings. The molecule has 0 rings (SSSR count). The summed E-state index contributed by atoms with van der Waals surface area (Å²) in [5.74, 6) is -3.79. The molecule has 0 aromatic rings. The van der Waals surface area contributed by atoms with Crippen LogP contribution in [0.5, 0.6) is 0 Å². The van der Waals surface area contributed by atoms with Crippen molar-refractivity contribution < 1.29 is 26.7 Å². The van der Waals surface area contributed by atoms with E-state index in [0.29, 0.717) is 0 Å². The molecule has 0 radical (unpaired) electrons. The summed E-state index contributed by atoms with van der Waals surface area (Å²) in [5.41, 5.74) is 0.